The fourth-order valence-electron chi connectivity index (χ4n) is 3.33. The number of H-pyrrole nitrogens is 1. The molecule has 0 unspecified atom stereocenters. The van der Waals surface area contributed by atoms with Gasteiger partial charge in [-0.25, -0.2) is 4.98 Å². The van der Waals surface area contributed by atoms with Crippen molar-refractivity contribution in [1.29, 1.82) is 0 Å². The topological polar surface area (TPSA) is 69.2 Å². The first kappa shape index (κ1) is 18.0. The molecule has 0 atom stereocenters. The number of benzene rings is 2. The van der Waals surface area contributed by atoms with Crippen molar-refractivity contribution >= 4 is 23.2 Å². The lowest BCUT2D eigenvalue weighted by Crippen LogP contribution is -2.35. The SMILES string of the molecule is O=c1[nH]c(-c2ccccc2)nc2c1CN(Cc1cc(Cl)cc(Cl)c1O)CC2. The number of hydrogen-bond acceptors (Lipinski definition) is 4. The van der Waals surface area contributed by atoms with Gasteiger partial charge in [0.05, 0.1) is 16.3 Å². The lowest BCUT2D eigenvalue weighted by atomic mass is 10.0. The molecule has 2 N–H and O–H groups in total. The Labute approximate surface area is 166 Å². The average Bonchev–Trinajstić information content (AvgIpc) is 2.67. The molecule has 138 valence electrons. The number of rotatable bonds is 3. The minimum Gasteiger partial charge on any atom is -0.506 e. The van der Waals surface area contributed by atoms with Crippen LogP contribution >= 0.6 is 23.2 Å². The molecule has 2 heterocycles. The van der Waals surface area contributed by atoms with Gasteiger partial charge in [-0.2, -0.15) is 0 Å². The maximum absolute atomic E-state index is 12.6. The Morgan fingerprint density at radius 3 is 2.74 bits per heavy atom. The summed E-state index contributed by atoms with van der Waals surface area (Å²) in [6.45, 7) is 1.63. The van der Waals surface area contributed by atoms with Crippen LogP contribution in [0.4, 0.5) is 0 Å². The summed E-state index contributed by atoms with van der Waals surface area (Å²) < 4.78 is 0. The Kier molecular flexibility index (Phi) is 4.91. The van der Waals surface area contributed by atoms with Crippen molar-refractivity contribution < 1.29 is 5.11 Å². The predicted octanol–water partition coefficient (Wildman–Crippen LogP) is 4.01. The van der Waals surface area contributed by atoms with Gasteiger partial charge in [0.1, 0.15) is 11.6 Å². The standard InChI is InChI=1S/C20H17Cl2N3O2/c21-14-8-13(18(26)16(22)9-14)10-25-7-6-17-15(11-25)20(27)24-19(23-17)12-4-2-1-3-5-12/h1-5,8-9,26H,6-7,10-11H2,(H,23,24,27). The van der Waals surface area contributed by atoms with Crippen LogP contribution in [0.25, 0.3) is 11.4 Å². The number of aromatic nitrogens is 2. The second-order valence-corrected chi connectivity index (χ2v) is 7.41. The highest BCUT2D eigenvalue weighted by Gasteiger charge is 2.22. The second kappa shape index (κ2) is 7.35. The molecule has 0 fully saturated rings. The van der Waals surface area contributed by atoms with Gasteiger partial charge in [0, 0.05) is 42.2 Å². The molecule has 0 spiro atoms. The van der Waals surface area contributed by atoms with E-state index in [0.717, 1.165) is 17.8 Å². The van der Waals surface area contributed by atoms with Crippen molar-refractivity contribution in [1.82, 2.24) is 14.9 Å². The summed E-state index contributed by atoms with van der Waals surface area (Å²) in [5, 5.41) is 10.9. The van der Waals surface area contributed by atoms with E-state index >= 15 is 0 Å². The number of fused-ring (bicyclic) bond motifs is 1. The van der Waals surface area contributed by atoms with E-state index in [2.05, 4.69) is 14.9 Å². The maximum atomic E-state index is 12.6. The van der Waals surface area contributed by atoms with Crippen LogP contribution in [0, 0.1) is 0 Å². The second-order valence-electron chi connectivity index (χ2n) is 6.56. The molecular formula is C20H17Cl2N3O2. The predicted molar refractivity (Wildman–Crippen MR) is 106 cm³/mol. The third kappa shape index (κ3) is 3.72. The van der Waals surface area contributed by atoms with Crippen LogP contribution in [0.15, 0.2) is 47.3 Å². The molecule has 4 rings (SSSR count). The number of nitrogens with zero attached hydrogens (tertiary/aromatic N) is 2. The van der Waals surface area contributed by atoms with Crippen molar-refractivity contribution in [3.8, 4) is 17.1 Å². The molecular weight excluding hydrogens is 385 g/mol. The molecule has 1 aromatic heterocycles. The van der Waals surface area contributed by atoms with Gasteiger partial charge < -0.3 is 10.1 Å². The fraction of sp³-hybridized carbons (Fsp3) is 0.200. The first-order valence-electron chi connectivity index (χ1n) is 8.58. The zero-order valence-corrected chi connectivity index (χ0v) is 15.9. The summed E-state index contributed by atoms with van der Waals surface area (Å²) in [5.74, 6) is 0.616. The van der Waals surface area contributed by atoms with E-state index < -0.39 is 0 Å². The number of halogens is 2. The summed E-state index contributed by atoms with van der Waals surface area (Å²) in [4.78, 5) is 22.2. The zero-order chi connectivity index (χ0) is 19.0. The van der Waals surface area contributed by atoms with E-state index in [1.807, 2.05) is 30.3 Å². The summed E-state index contributed by atoms with van der Waals surface area (Å²) in [6, 6.07) is 12.8. The number of aromatic hydroxyl groups is 1. The van der Waals surface area contributed by atoms with Crippen molar-refractivity contribution in [2.24, 2.45) is 0 Å². The van der Waals surface area contributed by atoms with Gasteiger partial charge in [0.25, 0.3) is 5.56 Å². The van der Waals surface area contributed by atoms with Crippen LogP contribution < -0.4 is 5.56 Å². The Hall–Kier alpha value is -2.34. The number of phenols is 1. The van der Waals surface area contributed by atoms with E-state index in [4.69, 9.17) is 23.2 Å². The van der Waals surface area contributed by atoms with Gasteiger partial charge in [0.2, 0.25) is 0 Å². The third-order valence-corrected chi connectivity index (χ3v) is 5.20. The highest BCUT2D eigenvalue weighted by Crippen LogP contribution is 2.32. The fourth-order valence-corrected chi connectivity index (χ4v) is 3.86. The van der Waals surface area contributed by atoms with E-state index in [1.165, 1.54) is 6.07 Å². The van der Waals surface area contributed by atoms with Crippen molar-refractivity contribution in [2.75, 3.05) is 6.54 Å². The largest absolute Gasteiger partial charge is 0.506 e. The summed E-state index contributed by atoms with van der Waals surface area (Å²) >= 11 is 12.0. The van der Waals surface area contributed by atoms with E-state index in [-0.39, 0.29) is 16.3 Å². The Morgan fingerprint density at radius 2 is 1.96 bits per heavy atom. The molecule has 0 saturated carbocycles. The molecule has 1 aliphatic rings. The summed E-state index contributed by atoms with van der Waals surface area (Å²) in [6.07, 6.45) is 0.661. The Bertz CT molecular complexity index is 1050. The Morgan fingerprint density at radius 1 is 1.19 bits per heavy atom. The van der Waals surface area contributed by atoms with E-state index in [0.29, 0.717) is 41.5 Å². The number of hydrogen-bond donors (Lipinski definition) is 2. The van der Waals surface area contributed by atoms with Gasteiger partial charge >= 0.3 is 0 Å². The molecule has 2 aromatic carbocycles. The lowest BCUT2D eigenvalue weighted by Gasteiger charge is -2.28. The van der Waals surface area contributed by atoms with Gasteiger partial charge in [-0.3, -0.25) is 9.69 Å². The molecule has 0 aliphatic carbocycles. The van der Waals surface area contributed by atoms with Crippen molar-refractivity contribution in [3.63, 3.8) is 0 Å². The zero-order valence-electron chi connectivity index (χ0n) is 14.4. The van der Waals surface area contributed by atoms with E-state index in [1.54, 1.807) is 6.07 Å². The van der Waals surface area contributed by atoms with Crippen LogP contribution in [0.2, 0.25) is 10.0 Å². The third-order valence-electron chi connectivity index (χ3n) is 4.70. The summed E-state index contributed by atoms with van der Waals surface area (Å²) in [5.41, 5.74) is 2.88. The number of phenolic OH excluding ortho intramolecular Hbond substituents is 1. The normalized spacial score (nSPS) is 14.1. The lowest BCUT2D eigenvalue weighted by molar-refractivity contribution is 0.239. The van der Waals surface area contributed by atoms with Crippen molar-refractivity contribution in [3.05, 3.63) is 79.7 Å². The van der Waals surface area contributed by atoms with Crippen LogP contribution in [0.5, 0.6) is 5.75 Å². The highest BCUT2D eigenvalue weighted by molar-refractivity contribution is 6.35. The first-order chi connectivity index (χ1) is 13.0. The van der Waals surface area contributed by atoms with Gasteiger partial charge in [0.15, 0.2) is 0 Å². The van der Waals surface area contributed by atoms with Gasteiger partial charge in [-0.1, -0.05) is 53.5 Å². The molecule has 27 heavy (non-hydrogen) atoms. The van der Waals surface area contributed by atoms with Crippen LogP contribution in [0.1, 0.15) is 16.8 Å². The Balaban J connectivity index is 1.60. The molecule has 0 amide bonds. The maximum Gasteiger partial charge on any atom is 0.255 e. The summed E-state index contributed by atoms with van der Waals surface area (Å²) in [7, 11) is 0. The van der Waals surface area contributed by atoms with Crippen LogP contribution in [-0.2, 0) is 19.5 Å². The molecule has 5 nitrogen and oxygen atoms in total. The highest BCUT2D eigenvalue weighted by atomic mass is 35.5. The van der Waals surface area contributed by atoms with Crippen LogP contribution in [0.3, 0.4) is 0 Å². The van der Waals surface area contributed by atoms with Crippen LogP contribution in [-0.4, -0.2) is 26.5 Å². The molecule has 0 radical (unpaired) electrons. The van der Waals surface area contributed by atoms with Crippen molar-refractivity contribution in [2.45, 2.75) is 19.5 Å². The monoisotopic (exact) mass is 401 g/mol. The molecule has 0 saturated heterocycles. The number of nitrogens with one attached hydrogen (secondary N) is 1. The molecule has 3 aromatic rings. The van der Waals surface area contributed by atoms with E-state index in [9.17, 15) is 9.90 Å². The first-order valence-corrected chi connectivity index (χ1v) is 9.33. The molecule has 7 heteroatoms. The minimum atomic E-state index is -0.128. The quantitative estimate of drug-likeness (QED) is 0.695. The van der Waals surface area contributed by atoms with Gasteiger partial charge in [-0.05, 0) is 12.1 Å². The number of aromatic amines is 1. The molecule has 0 bridgehead atoms. The van der Waals surface area contributed by atoms with Gasteiger partial charge in [-0.15, -0.1) is 0 Å². The minimum absolute atomic E-state index is 0.0262. The smallest absolute Gasteiger partial charge is 0.255 e. The molecule has 1 aliphatic heterocycles. The average molecular weight is 402 g/mol.